The minimum absolute atomic E-state index is 0.320. The molecule has 0 bridgehead atoms. The Morgan fingerprint density at radius 3 is 2.77 bits per heavy atom. The molecule has 0 fully saturated rings. The molecule has 5 nitrogen and oxygen atoms in total. The van der Waals surface area contributed by atoms with Crippen LogP contribution >= 0.6 is 23.5 Å². The van der Waals surface area contributed by atoms with Crippen molar-refractivity contribution in [3.63, 3.8) is 0 Å². The highest BCUT2D eigenvalue weighted by Gasteiger charge is 2.08. The van der Waals surface area contributed by atoms with E-state index in [9.17, 15) is 4.39 Å². The second-order valence-corrected chi connectivity index (χ2v) is 6.92. The first kappa shape index (κ1) is 16.8. The van der Waals surface area contributed by atoms with Crippen LogP contribution in [0, 0.1) is 12.7 Å². The molecule has 0 atom stereocenters. The van der Waals surface area contributed by atoms with Gasteiger partial charge in [0.25, 0.3) is 0 Å². The van der Waals surface area contributed by atoms with E-state index < -0.39 is 0 Å². The number of aryl methyl sites for hydroxylation is 1. The molecule has 0 saturated heterocycles. The molecule has 8 heteroatoms. The van der Waals surface area contributed by atoms with Crippen molar-refractivity contribution in [3.8, 4) is 11.4 Å². The topological polar surface area (TPSA) is 66.5 Å². The lowest BCUT2D eigenvalue weighted by Gasteiger charge is -2.07. The second kappa shape index (κ2) is 6.93. The van der Waals surface area contributed by atoms with Crippen LogP contribution in [0.4, 0.5) is 10.1 Å². The molecule has 4 aromatic rings. The fraction of sp³-hybridized carbons (Fsp3) is 0.0556. The van der Waals surface area contributed by atoms with Crippen molar-refractivity contribution in [2.24, 2.45) is 0 Å². The lowest BCUT2D eigenvalue weighted by molar-refractivity contribution is 0.602. The number of halogens is 2. The van der Waals surface area contributed by atoms with E-state index in [1.54, 1.807) is 12.3 Å². The highest BCUT2D eigenvalue weighted by Crippen LogP contribution is 2.27. The Hall–Kier alpha value is -2.64. The molecule has 26 heavy (non-hydrogen) atoms. The molecule has 2 heterocycles. The predicted molar refractivity (Wildman–Crippen MR) is 103 cm³/mol. The van der Waals surface area contributed by atoms with E-state index in [0.29, 0.717) is 21.4 Å². The lowest BCUT2D eigenvalue weighted by Crippen LogP contribution is -1.92. The molecule has 130 valence electrons. The first-order valence-electron chi connectivity index (χ1n) is 7.76. The van der Waals surface area contributed by atoms with Gasteiger partial charge in [-0.3, -0.25) is 5.10 Å². The first-order valence-corrected chi connectivity index (χ1v) is 8.95. The Morgan fingerprint density at radius 2 is 1.96 bits per heavy atom. The fourth-order valence-corrected chi connectivity index (χ4v) is 3.37. The van der Waals surface area contributed by atoms with E-state index in [1.807, 2.05) is 31.2 Å². The van der Waals surface area contributed by atoms with Crippen LogP contribution in [-0.2, 0) is 0 Å². The average molecular weight is 386 g/mol. The molecule has 0 unspecified atom stereocenters. The summed E-state index contributed by atoms with van der Waals surface area (Å²) >= 11 is 7.07. The highest BCUT2D eigenvalue weighted by atomic mass is 35.5. The van der Waals surface area contributed by atoms with Crippen LogP contribution < -0.4 is 4.72 Å². The maximum atomic E-state index is 13.7. The van der Waals surface area contributed by atoms with Crippen LogP contribution in [0.15, 0.2) is 53.6 Å². The van der Waals surface area contributed by atoms with Gasteiger partial charge in [-0.15, -0.1) is 0 Å². The van der Waals surface area contributed by atoms with Crippen LogP contribution in [0.25, 0.3) is 22.4 Å². The number of fused-ring (bicyclic) bond motifs is 1. The molecule has 0 aliphatic carbocycles. The van der Waals surface area contributed by atoms with Crippen molar-refractivity contribution in [2.75, 3.05) is 4.72 Å². The first-order chi connectivity index (χ1) is 12.6. The summed E-state index contributed by atoms with van der Waals surface area (Å²) in [5.74, 6) is 0.281. The van der Waals surface area contributed by atoms with E-state index in [-0.39, 0.29) is 5.82 Å². The van der Waals surface area contributed by atoms with Gasteiger partial charge in [-0.25, -0.2) is 14.4 Å². The average Bonchev–Trinajstić information content (AvgIpc) is 3.03. The van der Waals surface area contributed by atoms with E-state index in [2.05, 4.69) is 24.9 Å². The summed E-state index contributed by atoms with van der Waals surface area (Å²) in [6.45, 7) is 1.93. The molecule has 0 amide bonds. The number of anilines is 1. The fourth-order valence-electron chi connectivity index (χ4n) is 2.42. The number of aromatic amines is 1. The van der Waals surface area contributed by atoms with Crippen molar-refractivity contribution in [2.45, 2.75) is 11.8 Å². The van der Waals surface area contributed by atoms with Gasteiger partial charge >= 0.3 is 0 Å². The number of H-pyrrole nitrogens is 1. The molecule has 4 rings (SSSR count). The van der Waals surface area contributed by atoms with Crippen molar-refractivity contribution in [1.82, 2.24) is 20.2 Å². The highest BCUT2D eigenvalue weighted by molar-refractivity contribution is 8.00. The summed E-state index contributed by atoms with van der Waals surface area (Å²) in [7, 11) is 0. The molecule has 2 aromatic heterocycles. The van der Waals surface area contributed by atoms with Gasteiger partial charge in [-0.05, 0) is 61.3 Å². The third kappa shape index (κ3) is 3.36. The zero-order valence-corrected chi connectivity index (χ0v) is 15.2. The van der Waals surface area contributed by atoms with Crippen LogP contribution in [0.5, 0.6) is 0 Å². The molecule has 0 saturated carbocycles. The van der Waals surface area contributed by atoms with E-state index in [4.69, 9.17) is 11.6 Å². The van der Waals surface area contributed by atoms with Crippen LogP contribution in [0.3, 0.4) is 0 Å². The zero-order valence-electron chi connectivity index (χ0n) is 13.6. The Balaban J connectivity index is 1.51. The number of aromatic nitrogens is 4. The number of nitrogens with one attached hydrogen (secondary N) is 2. The van der Waals surface area contributed by atoms with Crippen molar-refractivity contribution in [1.29, 1.82) is 0 Å². The number of hydrogen-bond acceptors (Lipinski definition) is 5. The number of nitrogens with zero attached hydrogens (tertiary/aromatic N) is 3. The minimum Gasteiger partial charge on any atom is -0.326 e. The second-order valence-electron chi connectivity index (χ2n) is 5.64. The Kier molecular flexibility index (Phi) is 4.48. The molecule has 0 aliphatic rings. The molecule has 2 N–H and O–H groups in total. The van der Waals surface area contributed by atoms with Gasteiger partial charge in [0, 0.05) is 28.2 Å². The molecule has 2 aromatic carbocycles. The number of hydrogen-bond donors (Lipinski definition) is 2. The van der Waals surface area contributed by atoms with E-state index in [0.717, 1.165) is 22.3 Å². The quantitative estimate of drug-likeness (QED) is 0.470. The van der Waals surface area contributed by atoms with Gasteiger partial charge in [0.1, 0.15) is 5.82 Å². The number of rotatable bonds is 4. The van der Waals surface area contributed by atoms with Crippen LogP contribution in [-0.4, -0.2) is 20.2 Å². The SMILES string of the molecule is Cc1[nH]nc2nc(-c3ccc(NSc4cc(Cl)ccc4F)cc3)ncc12. The number of benzene rings is 2. The lowest BCUT2D eigenvalue weighted by atomic mass is 10.2. The van der Waals surface area contributed by atoms with E-state index >= 15 is 0 Å². The van der Waals surface area contributed by atoms with Gasteiger partial charge in [0.2, 0.25) is 0 Å². The monoisotopic (exact) mass is 385 g/mol. The maximum absolute atomic E-state index is 13.7. The standard InChI is InChI=1S/C18H13ClFN5S/c1-10-14-9-21-17(22-18(14)24-23-10)11-2-5-13(6-3-11)25-26-16-8-12(19)4-7-15(16)20/h2-9,25H,1H3,(H,21,22,23,24). The van der Waals surface area contributed by atoms with Crippen LogP contribution in [0.1, 0.15) is 5.69 Å². The Labute approximate surface area is 158 Å². The predicted octanol–water partition coefficient (Wildman–Crippen LogP) is 5.24. The third-order valence-corrected chi connectivity index (χ3v) is 4.92. The molecule has 0 radical (unpaired) electrons. The molecule has 0 spiro atoms. The summed E-state index contributed by atoms with van der Waals surface area (Å²) in [6.07, 6.45) is 1.76. The molecular formula is C18H13ClFN5S. The third-order valence-electron chi connectivity index (χ3n) is 3.82. The summed E-state index contributed by atoms with van der Waals surface area (Å²) in [6, 6.07) is 12.0. The summed E-state index contributed by atoms with van der Waals surface area (Å²) in [5, 5.41) is 8.46. The summed E-state index contributed by atoms with van der Waals surface area (Å²) in [4.78, 5) is 9.30. The van der Waals surface area contributed by atoms with Crippen LogP contribution in [0.2, 0.25) is 5.02 Å². The van der Waals surface area contributed by atoms with Gasteiger partial charge < -0.3 is 4.72 Å². The van der Waals surface area contributed by atoms with Gasteiger partial charge in [-0.1, -0.05) is 11.6 Å². The largest absolute Gasteiger partial charge is 0.326 e. The Morgan fingerprint density at radius 1 is 1.15 bits per heavy atom. The molecular weight excluding hydrogens is 373 g/mol. The minimum atomic E-state index is -0.320. The summed E-state index contributed by atoms with van der Waals surface area (Å²) in [5.41, 5.74) is 3.28. The van der Waals surface area contributed by atoms with Gasteiger partial charge in [0.05, 0.1) is 10.3 Å². The van der Waals surface area contributed by atoms with Crippen molar-refractivity contribution >= 4 is 40.3 Å². The molecule has 0 aliphatic heterocycles. The van der Waals surface area contributed by atoms with E-state index in [1.165, 1.54) is 24.1 Å². The van der Waals surface area contributed by atoms with Crippen molar-refractivity contribution in [3.05, 3.63) is 65.2 Å². The van der Waals surface area contributed by atoms with Crippen molar-refractivity contribution < 1.29 is 4.39 Å². The zero-order chi connectivity index (χ0) is 18.1. The Bertz CT molecular complexity index is 1080. The summed E-state index contributed by atoms with van der Waals surface area (Å²) < 4.78 is 16.8. The normalized spacial score (nSPS) is 11.0. The smallest absolute Gasteiger partial charge is 0.184 e. The van der Waals surface area contributed by atoms with Gasteiger partial charge in [0.15, 0.2) is 11.5 Å². The maximum Gasteiger partial charge on any atom is 0.184 e. The van der Waals surface area contributed by atoms with Gasteiger partial charge in [-0.2, -0.15) is 5.10 Å².